The van der Waals surface area contributed by atoms with Crippen LogP contribution in [0.3, 0.4) is 0 Å². The molecular formula is C22H49NO3Si2. The second kappa shape index (κ2) is 12.2. The molecule has 1 saturated carbocycles. The standard InChI is InChI=1S/C22H49NO3Si2/c1-9-24-28(25-10-2,26-11-3)20-16-15-19-23(21-17-13-12-14-18-21)27(7,8)22(4,5)6/h21H,9-20H2,1-8H3. The molecule has 0 heterocycles. The van der Waals surface area contributed by atoms with Crippen molar-refractivity contribution in [2.45, 2.75) is 117 Å². The minimum Gasteiger partial charge on any atom is -0.374 e. The molecule has 4 nitrogen and oxygen atoms in total. The minimum absolute atomic E-state index is 0.394. The zero-order valence-electron chi connectivity index (χ0n) is 20.2. The number of hydrogen-bond acceptors (Lipinski definition) is 4. The maximum atomic E-state index is 6.04. The molecule has 28 heavy (non-hydrogen) atoms. The van der Waals surface area contributed by atoms with E-state index < -0.39 is 17.0 Å². The Morgan fingerprint density at radius 1 is 0.821 bits per heavy atom. The quantitative estimate of drug-likeness (QED) is 0.247. The van der Waals surface area contributed by atoms with Crippen molar-refractivity contribution in [1.82, 2.24) is 4.57 Å². The van der Waals surface area contributed by atoms with Gasteiger partial charge in [0.2, 0.25) is 0 Å². The van der Waals surface area contributed by atoms with Crippen LogP contribution >= 0.6 is 0 Å². The highest BCUT2D eigenvalue weighted by molar-refractivity contribution is 6.77. The molecule has 0 N–H and O–H groups in total. The zero-order valence-corrected chi connectivity index (χ0v) is 22.2. The zero-order chi connectivity index (χ0) is 21.3. The summed E-state index contributed by atoms with van der Waals surface area (Å²) in [5.41, 5.74) is 0. The van der Waals surface area contributed by atoms with E-state index >= 15 is 0 Å². The fourth-order valence-electron chi connectivity index (χ4n) is 4.37. The van der Waals surface area contributed by atoms with E-state index in [0.29, 0.717) is 24.9 Å². The van der Waals surface area contributed by atoms with E-state index in [1.165, 1.54) is 45.1 Å². The van der Waals surface area contributed by atoms with Gasteiger partial charge in [0.15, 0.2) is 0 Å². The maximum Gasteiger partial charge on any atom is 0.500 e. The Hall–Kier alpha value is 0.274. The van der Waals surface area contributed by atoms with Crippen LogP contribution in [-0.2, 0) is 13.3 Å². The van der Waals surface area contributed by atoms with E-state index in [0.717, 1.165) is 18.5 Å². The summed E-state index contributed by atoms with van der Waals surface area (Å²) in [4.78, 5) is 0. The third-order valence-corrected chi connectivity index (χ3v) is 15.6. The lowest BCUT2D eigenvalue weighted by Crippen LogP contribution is -2.59. The van der Waals surface area contributed by atoms with Crippen LogP contribution in [0.1, 0.15) is 86.5 Å². The largest absolute Gasteiger partial charge is 0.500 e. The molecule has 0 spiro atoms. The second-order valence-corrected chi connectivity index (χ2v) is 17.7. The predicted octanol–water partition coefficient (Wildman–Crippen LogP) is 6.45. The van der Waals surface area contributed by atoms with Crippen LogP contribution in [0.15, 0.2) is 0 Å². The lowest BCUT2D eigenvalue weighted by molar-refractivity contribution is 0.0705. The molecule has 0 radical (unpaired) electrons. The molecule has 1 fully saturated rings. The Morgan fingerprint density at radius 2 is 1.32 bits per heavy atom. The van der Waals surface area contributed by atoms with Crippen molar-refractivity contribution in [1.29, 1.82) is 0 Å². The van der Waals surface area contributed by atoms with E-state index in [2.05, 4.69) is 38.4 Å². The fraction of sp³-hybridized carbons (Fsp3) is 1.00. The van der Waals surface area contributed by atoms with Crippen molar-refractivity contribution in [3.63, 3.8) is 0 Å². The maximum absolute atomic E-state index is 6.04. The Kier molecular flexibility index (Phi) is 11.5. The Balaban J connectivity index is 2.76. The molecule has 0 aromatic carbocycles. The third-order valence-electron chi connectivity index (χ3n) is 6.79. The van der Waals surface area contributed by atoms with E-state index in [9.17, 15) is 0 Å². The third kappa shape index (κ3) is 7.51. The molecule has 0 unspecified atom stereocenters. The highest BCUT2D eigenvalue weighted by Gasteiger charge is 2.44. The molecule has 168 valence electrons. The normalized spacial score (nSPS) is 17.5. The summed E-state index contributed by atoms with van der Waals surface area (Å²) in [6.45, 7) is 21.9. The topological polar surface area (TPSA) is 30.9 Å². The highest BCUT2D eigenvalue weighted by Crippen LogP contribution is 2.41. The number of nitrogens with zero attached hydrogens (tertiary/aromatic N) is 1. The highest BCUT2D eigenvalue weighted by atomic mass is 28.4. The lowest BCUT2D eigenvalue weighted by Gasteiger charge is -2.50. The van der Waals surface area contributed by atoms with Gasteiger partial charge >= 0.3 is 8.80 Å². The molecule has 1 aliphatic rings. The summed E-state index contributed by atoms with van der Waals surface area (Å²) in [6.07, 6.45) is 9.36. The smallest absolute Gasteiger partial charge is 0.374 e. The molecule has 0 aromatic rings. The van der Waals surface area contributed by atoms with Crippen molar-refractivity contribution in [2.24, 2.45) is 0 Å². The summed E-state index contributed by atoms with van der Waals surface area (Å²) < 4.78 is 21.1. The Bertz CT molecular complexity index is 403. The van der Waals surface area contributed by atoms with Crippen LogP contribution in [-0.4, -0.2) is 54.0 Å². The van der Waals surface area contributed by atoms with Crippen molar-refractivity contribution in [3.05, 3.63) is 0 Å². The van der Waals surface area contributed by atoms with Crippen molar-refractivity contribution >= 4 is 17.0 Å². The van der Waals surface area contributed by atoms with Gasteiger partial charge in [0, 0.05) is 31.9 Å². The molecule has 0 aromatic heterocycles. The van der Waals surface area contributed by atoms with Crippen LogP contribution in [0.5, 0.6) is 0 Å². The molecule has 1 rings (SSSR count). The first-order valence-electron chi connectivity index (χ1n) is 11.8. The Morgan fingerprint density at radius 3 is 1.75 bits per heavy atom. The molecule has 0 atom stereocenters. The van der Waals surface area contributed by atoms with E-state index in [1.807, 2.05) is 20.8 Å². The van der Waals surface area contributed by atoms with Crippen LogP contribution in [0.4, 0.5) is 0 Å². The Labute approximate surface area is 178 Å². The first-order valence-corrected chi connectivity index (χ1v) is 16.7. The van der Waals surface area contributed by atoms with Gasteiger partial charge in [-0.2, -0.15) is 0 Å². The molecular weight excluding hydrogens is 382 g/mol. The molecule has 0 aliphatic heterocycles. The van der Waals surface area contributed by atoms with Crippen LogP contribution < -0.4 is 0 Å². The molecule has 0 bridgehead atoms. The van der Waals surface area contributed by atoms with Gasteiger partial charge in [-0.3, -0.25) is 0 Å². The fourth-order valence-corrected chi connectivity index (χ4v) is 9.80. The molecule has 1 aliphatic carbocycles. The number of unbranched alkanes of at least 4 members (excludes halogenated alkanes) is 1. The van der Waals surface area contributed by atoms with Crippen LogP contribution in [0.2, 0.25) is 24.2 Å². The van der Waals surface area contributed by atoms with Crippen molar-refractivity contribution in [2.75, 3.05) is 26.4 Å². The van der Waals surface area contributed by atoms with Gasteiger partial charge in [-0.05, 0) is 58.0 Å². The van der Waals surface area contributed by atoms with Crippen molar-refractivity contribution < 1.29 is 13.3 Å². The second-order valence-electron chi connectivity index (χ2n) is 9.73. The SMILES string of the molecule is CCO[Si](CCCCN(C1CCCCC1)[Si](C)(C)C(C)(C)C)(OCC)OCC. The summed E-state index contributed by atoms with van der Waals surface area (Å²) in [6, 6.07) is 1.74. The average molecular weight is 432 g/mol. The predicted molar refractivity (Wildman–Crippen MR) is 125 cm³/mol. The van der Waals surface area contributed by atoms with E-state index in [-0.39, 0.29) is 0 Å². The summed E-state index contributed by atoms with van der Waals surface area (Å²) >= 11 is 0. The van der Waals surface area contributed by atoms with Gasteiger partial charge < -0.3 is 17.8 Å². The van der Waals surface area contributed by atoms with Gasteiger partial charge in [0.25, 0.3) is 0 Å². The van der Waals surface area contributed by atoms with E-state index in [4.69, 9.17) is 13.3 Å². The monoisotopic (exact) mass is 431 g/mol. The van der Waals surface area contributed by atoms with E-state index in [1.54, 1.807) is 0 Å². The van der Waals surface area contributed by atoms with Gasteiger partial charge in [0.1, 0.15) is 8.24 Å². The van der Waals surface area contributed by atoms with Gasteiger partial charge in [-0.15, -0.1) is 0 Å². The summed E-state index contributed by atoms with van der Waals surface area (Å²) in [5.74, 6) is 0. The van der Waals surface area contributed by atoms with Crippen molar-refractivity contribution in [3.8, 4) is 0 Å². The number of rotatable bonds is 13. The van der Waals surface area contributed by atoms with Gasteiger partial charge in [0.05, 0.1) is 0 Å². The number of hydrogen-bond donors (Lipinski definition) is 0. The molecule has 0 amide bonds. The minimum atomic E-state index is -2.50. The summed E-state index contributed by atoms with van der Waals surface area (Å²) in [5, 5.41) is 0.394. The van der Waals surface area contributed by atoms with Crippen LogP contribution in [0.25, 0.3) is 0 Å². The summed E-state index contributed by atoms with van der Waals surface area (Å²) in [7, 11) is -4.01. The van der Waals surface area contributed by atoms with Crippen LogP contribution in [0, 0.1) is 0 Å². The molecule has 0 saturated heterocycles. The average Bonchev–Trinajstić information content (AvgIpc) is 2.62. The van der Waals surface area contributed by atoms with Gasteiger partial charge in [-0.1, -0.05) is 53.1 Å². The first-order chi connectivity index (χ1) is 13.1. The van der Waals surface area contributed by atoms with Gasteiger partial charge in [-0.25, -0.2) is 0 Å². The lowest BCUT2D eigenvalue weighted by atomic mass is 9.95. The molecule has 6 heteroatoms. The first kappa shape index (κ1) is 26.3.